The number of aromatic nitrogens is 2. The Bertz CT molecular complexity index is 441. The standard InChI is InChI=1S/C13H22N4O2/c1-2-11-15-12(10-13(18)16-11)14-4-3-5-17-6-8-19-9-7-17/h10H,2-9H2,1H3,(H2,14,15,16,18). The molecule has 0 radical (unpaired) electrons. The maximum Gasteiger partial charge on any atom is 0.252 e. The molecular weight excluding hydrogens is 244 g/mol. The molecule has 0 aliphatic carbocycles. The Balaban J connectivity index is 1.73. The van der Waals surface area contributed by atoms with E-state index in [0.29, 0.717) is 5.82 Å². The lowest BCUT2D eigenvalue weighted by Crippen LogP contribution is -2.37. The van der Waals surface area contributed by atoms with Crippen LogP contribution in [0.4, 0.5) is 5.82 Å². The van der Waals surface area contributed by atoms with Gasteiger partial charge < -0.3 is 15.0 Å². The van der Waals surface area contributed by atoms with Crippen LogP contribution in [0, 0.1) is 0 Å². The Morgan fingerprint density at radius 3 is 3.00 bits per heavy atom. The number of nitrogens with zero attached hydrogens (tertiary/aromatic N) is 2. The average Bonchev–Trinajstić information content (AvgIpc) is 2.44. The van der Waals surface area contributed by atoms with E-state index in [1.165, 1.54) is 6.07 Å². The van der Waals surface area contributed by atoms with Gasteiger partial charge in [-0.3, -0.25) is 9.69 Å². The van der Waals surface area contributed by atoms with Gasteiger partial charge in [0.25, 0.3) is 5.56 Å². The number of aryl methyl sites for hydroxylation is 1. The van der Waals surface area contributed by atoms with Gasteiger partial charge in [-0.1, -0.05) is 6.92 Å². The maximum absolute atomic E-state index is 11.4. The fourth-order valence-corrected chi connectivity index (χ4v) is 2.11. The minimum Gasteiger partial charge on any atom is -0.379 e. The molecule has 1 fully saturated rings. The molecular formula is C13H22N4O2. The van der Waals surface area contributed by atoms with Gasteiger partial charge >= 0.3 is 0 Å². The lowest BCUT2D eigenvalue weighted by Gasteiger charge is -2.26. The number of anilines is 1. The van der Waals surface area contributed by atoms with E-state index in [0.717, 1.165) is 58.1 Å². The Kier molecular flexibility index (Phi) is 5.35. The maximum atomic E-state index is 11.4. The van der Waals surface area contributed by atoms with Crippen LogP contribution in [0.5, 0.6) is 0 Å². The van der Waals surface area contributed by atoms with Crippen LogP contribution >= 0.6 is 0 Å². The third-order valence-corrected chi connectivity index (χ3v) is 3.19. The van der Waals surface area contributed by atoms with Gasteiger partial charge in [-0.25, -0.2) is 4.98 Å². The molecule has 2 rings (SSSR count). The molecule has 1 aliphatic heterocycles. The molecule has 1 aromatic rings. The third-order valence-electron chi connectivity index (χ3n) is 3.19. The number of rotatable bonds is 6. The number of hydrogen-bond acceptors (Lipinski definition) is 5. The fourth-order valence-electron chi connectivity index (χ4n) is 2.11. The number of nitrogens with one attached hydrogen (secondary N) is 2. The Labute approximate surface area is 113 Å². The summed E-state index contributed by atoms with van der Waals surface area (Å²) in [5.74, 6) is 1.39. The Hall–Kier alpha value is -1.40. The van der Waals surface area contributed by atoms with E-state index in [2.05, 4.69) is 20.2 Å². The van der Waals surface area contributed by atoms with Crippen LogP contribution in [0.15, 0.2) is 10.9 Å². The van der Waals surface area contributed by atoms with Gasteiger partial charge in [0, 0.05) is 32.1 Å². The largest absolute Gasteiger partial charge is 0.379 e. The number of ether oxygens (including phenoxy) is 1. The molecule has 0 amide bonds. The molecule has 19 heavy (non-hydrogen) atoms. The molecule has 1 saturated heterocycles. The highest BCUT2D eigenvalue weighted by Crippen LogP contribution is 2.01. The van der Waals surface area contributed by atoms with Crippen molar-refractivity contribution in [3.63, 3.8) is 0 Å². The Morgan fingerprint density at radius 1 is 1.47 bits per heavy atom. The number of aromatic amines is 1. The van der Waals surface area contributed by atoms with E-state index >= 15 is 0 Å². The van der Waals surface area contributed by atoms with Crippen molar-refractivity contribution in [2.24, 2.45) is 0 Å². The molecule has 2 heterocycles. The van der Waals surface area contributed by atoms with Crippen LogP contribution in [0.25, 0.3) is 0 Å². The summed E-state index contributed by atoms with van der Waals surface area (Å²) in [6.07, 6.45) is 1.77. The van der Waals surface area contributed by atoms with Crippen LogP contribution < -0.4 is 10.9 Å². The van der Waals surface area contributed by atoms with Gasteiger partial charge in [-0.2, -0.15) is 0 Å². The normalized spacial score (nSPS) is 16.5. The first kappa shape index (κ1) is 14.0. The summed E-state index contributed by atoms with van der Waals surface area (Å²) in [4.78, 5) is 20.8. The van der Waals surface area contributed by atoms with Crippen molar-refractivity contribution < 1.29 is 4.74 Å². The summed E-state index contributed by atoms with van der Waals surface area (Å²) < 4.78 is 5.31. The van der Waals surface area contributed by atoms with E-state index < -0.39 is 0 Å². The van der Waals surface area contributed by atoms with Gasteiger partial charge in [0.05, 0.1) is 13.2 Å². The average molecular weight is 266 g/mol. The quantitative estimate of drug-likeness (QED) is 0.732. The molecule has 6 nitrogen and oxygen atoms in total. The first-order valence-electron chi connectivity index (χ1n) is 6.92. The first-order valence-corrected chi connectivity index (χ1v) is 6.92. The highest BCUT2D eigenvalue weighted by Gasteiger charge is 2.09. The van der Waals surface area contributed by atoms with Crippen molar-refractivity contribution in [3.05, 3.63) is 22.2 Å². The molecule has 6 heteroatoms. The van der Waals surface area contributed by atoms with Gasteiger partial charge in [-0.05, 0) is 13.0 Å². The summed E-state index contributed by atoms with van der Waals surface area (Å²) >= 11 is 0. The second kappa shape index (κ2) is 7.25. The Morgan fingerprint density at radius 2 is 2.26 bits per heavy atom. The summed E-state index contributed by atoms with van der Waals surface area (Å²) in [6.45, 7) is 7.57. The van der Waals surface area contributed by atoms with Crippen molar-refractivity contribution in [3.8, 4) is 0 Å². The SMILES string of the molecule is CCc1nc(NCCCN2CCOCC2)cc(=O)[nH]1. The molecule has 0 bridgehead atoms. The van der Waals surface area contributed by atoms with Crippen molar-refractivity contribution in [2.75, 3.05) is 44.7 Å². The minimum absolute atomic E-state index is 0.0949. The molecule has 0 aromatic carbocycles. The zero-order valence-electron chi connectivity index (χ0n) is 11.4. The number of morpholine rings is 1. The predicted octanol–water partition coefficient (Wildman–Crippen LogP) is 0.466. The van der Waals surface area contributed by atoms with Gasteiger partial charge in [-0.15, -0.1) is 0 Å². The zero-order valence-corrected chi connectivity index (χ0v) is 11.4. The van der Waals surface area contributed by atoms with Crippen molar-refractivity contribution in [2.45, 2.75) is 19.8 Å². The van der Waals surface area contributed by atoms with Gasteiger partial charge in [0.15, 0.2) is 0 Å². The summed E-state index contributed by atoms with van der Waals surface area (Å²) in [6, 6.07) is 1.51. The molecule has 0 unspecified atom stereocenters. The summed E-state index contributed by atoms with van der Waals surface area (Å²) in [5, 5.41) is 3.21. The summed E-state index contributed by atoms with van der Waals surface area (Å²) in [5.41, 5.74) is -0.0949. The van der Waals surface area contributed by atoms with Crippen molar-refractivity contribution in [1.82, 2.24) is 14.9 Å². The monoisotopic (exact) mass is 266 g/mol. The van der Waals surface area contributed by atoms with E-state index in [-0.39, 0.29) is 5.56 Å². The summed E-state index contributed by atoms with van der Waals surface area (Å²) in [7, 11) is 0. The minimum atomic E-state index is -0.0949. The molecule has 0 saturated carbocycles. The molecule has 0 spiro atoms. The van der Waals surface area contributed by atoms with Crippen LogP contribution in [0.3, 0.4) is 0 Å². The third kappa shape index (κ3) is 4.65. The van der Waals surface area contributed by atoms with Gasteiger partial charge in [0.2, 0.25) is 0 Å². The van der Waals surface area contributed by atoms with Crippen LogP contribution in [-0.2, 0) is 11.2 Å². The lowest BCUT2D eigenvalue weighted by molar-refractivity contribution is 0.0378. The highest BCUT2D eigenvalue weighted by molar-refractivity contribution is 5.32. The molecule has 0 atom stereocenters. The molecule has 106 valence electrons. The van der Waals surface area contributed by atoms with Crippen molar-refractivity contribution in [1.29, 1.82) is 0 Å². The van der Waals surface area contributed by atoms with Crippen LogP contribution in [0.2, 0.25) is 0 Å². The zero-order chi connectivity index (χ0) is 13.5. The topological polar surface area (TPSA) is 70.2 Å². The smallest absolute Gasteiger partial charge is 0.252 e. The second-order valence-electron chi connectivity index (χ2n) is 4.67. The van der Waals surface area contributed by atoms with Crippen LogP contribution in [-0.4, -0.2) is 54.3 Å². The van der Waals surface area contributed by atoms with E-state index in [4.69, 9.17) is 4.74 Å². The number of H-pyrrole nitrogens is 1. The fraction of sp³-hybridized carbons (Fsp3) is 0.692. The van der Waals surface area contributed by atoms with Crippen LogP contribution in [0.1, 0.15) is 19.2 Å². The van der Waals surface area contributed by atoms with E-state index in [1.807, 2.05) is 6.92 Å². The first-order chi connectivity index (χ1) is 9.28. The highest BCUT2D eigenvalue weighted by atomic mass is 16.5. The predicted molar refractivity (Wildman–Crippen MR) is 74.6 cm³/mol. The molecule has 2 N–H and O–H groups in total. The van der Waals surface area contributed by atoms with E-state index in [9.17, 15) is 4.79 Å². The van der Waals surface area contributed by atoms with Gasteiger partial charge in [0.1, 0.15) is 11.6 Å². The molecule has 1 aliphatic rings. The molecule has 1 aromatic heterocycles. The second-order valence-corrected chi connectivity index (χ2v) is 4.67. The van der Waals surface area contributed by atoms with Crippen molar-refractivity contribution >= 4 is 5.82 Å². The lowest BCUT2D eigenvalue weighted by atomic mass is 10.3. The van der Waals surface area contributed by atoms with E-state index in [1.54, 1.807) is 0 Å². The number of hydrogen-bond donors (Lipinski definition) is 2.